The Hall–Kier alpha value is -0.960. The average Bonchev–Trinajstić information content (AvgIpc) is 2.10. The highest BCUT2D eigenvalue weighted by atomic mass is 19.1. The van der Waals surface area contributed by atoms with Crippen LogP contribution in [0.1, 0.15) is 30.6 Å². The first-order valence-corrected chi connectivity index (χ1v) is 4.19. The van der Waals surface area contributed by atoms with E-state index < -0.39 is 17.7 Å². The lowest BCUT2D eigenvalue weighted by molar-refractivity contribution is 0.172. The molecule has 1 nitrogen and oxygen atoms in total. The second-order valence-corrected chi connectivity index (χ2v) is 3.03. The number of rotatable bonds is 2. The third-order valence-electron chi connectivity index (χ3n) is 2.09. The predicted molar refractivity (Wildman–Crippen MR) is 46.3 cm³/mol. The molecule has 3 heteroatoms. The Morgan fingerprint density at radius 3 is 2.54 bits per heavy atom. The number of aliphatic hydroxyl groups excluding tert-OH is 1. The van der Waals surface area contributed by atoms with Crippen molar-refractivity contribution >= 4 is 0 Å². The van der Waals surface area contributed by atoms with Crippen LogP contribution in [-0.2, 0) is 0 Å². The summed E-state index contributed by atoms with van der Waals surface area (Å²) < 4.78 is 25.7. The molecule has 1 aromatic carbocycles. The second-order valence-electron chi connectivity index (χ2n) is 3.03. The normalized spacial score (nSPS) is 13.0. The monoisotopic (exact) mass is 186 g/mol. The van der Waals surface area contributed by atoms with Crippen LogP contribution in [0.4, 0.5) is 8.78 Å². The van der Waals surface area contributed by atoms with Gasteiger partial charge in [0.25, 0.3) is 0 Å². The van der Waals surface area contributed by atoms with Crippen molar-refractivity contribution in [1.29, 1.82) is 0 Å². The molecule has 0 amide bonds. The topological polar surface area (TPSA) is 20.2 Å². The van der Waals surface area contributed by atoms with Gasteiger partial charge in [-0.1, -0.05) is 6.92 Å². The summed E-state index contributed by atoms with van der Waals surface area (Å²) in [6, 6.07) is 1.99. The van der Waals surface area contributed by atoms with E-state index in [0.29, 0.717) is 17.5 Å². The first kappa shape index (κ1) is 10.1. The molecule has 72 valence electrons. The van der Waals surface area contributed by atoms with E-state index in [2.05, 4.69) is 0 Å². The summed E-state index contributed by atoms with van der Waals surface area (Å²) in [6.45, 7) is 3.29. The molecule has 0 aliphatic rings. The molecule has 1 N–H and O–H groups in total. The molecule has 0 heterocycles. The van der Waals surface area contributed by atoms with E-state index in [-0.39, 0.29) is 0 Å². The van der Waals surface area contributed by atoms with Crippen molar-refractivity contribution in [3.63, 3.8) is 0 Å². The molecule has 0 aliphatic carbocycles. The van der Waals surface area contributed by atoms with Gasteiger partial charge in [0.15, 0.2) is 0 Å². The summed E-state index contributed by atoms with van der Waals surface area (Å²) in [5.74, 6) is -1.26. The number of benzene rings is 1. The molecule has 0 bridgehead atoms. The largest absolute Gasteiger partial charge is 0.388 e. The standard InChI is InChI=1S/C10H12F2O/c1-3-10(13)8-4-7(11)5-9(12)6(8)2/h4-5,10,13H,3H2,1-2H3. The third kappa shape index (κ3) is 2.04. The van der Waals surface area contributed by atoms with Crippen LogP contribution in [0.3, 0.4) is 0 Å². The molecule has 0 aromatic heterocycles. The summed E-state index contributed by atoms with van der Waals surface area (Å²) in [5, 5.41) is 9.43. The molecule has 0 aliphatic heterocycles. The molecular formula is C10H12F2O. The highest BCUT2D eigenvalue weighted by molar-refractivity contribution is 5.29. The first-order chi connectivity index (χ1) is 6.06. The summed E-state index contributed by atoms with van der Waals surface area (Å²) in [7, 11) is 0. The van der Waals surface area contributed by atoms with Gasteiger partial charge in [0.2, 0.25) is 0 Å². The Balaban J connectivity index is 3.20. The number of halogens is 2. The predicted octanol–water partition coefficient (Wildman–Crippen LogP) is 2.72. The van der Waals surface area contributed by atoms with Gasteiger partial charge in [-0.2, -0.15) is 0 Å². The van der Waals surface area contributed by atoms with Gasteiger partial charge in [-0.3, -0.25) is 0 Å². The fourth-order valence-electron chi connectivity index (χ4n) is 1.23. The van der Waals surface area contributed by atoms with E-state index in [1.807, 2.05) is 0 Å². The number of hydrogen-bond acceptors (Lipinski definition) is 1. The summed E-state index contributed by atoms with van der Waals surface area (Å²) in [5.41, 5.74) is 0.649. The van der Waals surface area contributed by atoms with E-state index in [1.165, 1.54) is 13.0 Å². The molecule has 1 rings (SSSR count). The van der Waals surface area contributed by atoms with Crippen LogP contribution in [0.25, 0.3) is 0 Å². The second kappa shape index (κ2) is 3.83. The lowest BCUT2D eigenvalue weighted by Gasteiger charge is -2.11. The molecule has 1 aromatic rings. The minimum absolute atomic E-state index is 0.316. The van der Waals surface area contributed by atoms with Gasteiger partial charge in [-0.15, -0.1) is 0 Å². The zero-order valence-corrected chi connectivity index (χ0v) is 7.64. The lowest BCUT2D eigenvalue weighted by atomic mass is 10.0. The van der Waals surface area contributed by atoms with E-state index in [9.17, 15) is 13.9 Å². The molecule has 0 fully saturated rings. The van der Waals surface area contributed by atoms with E-state index >= 15 is 0 Å². The Morgan fingerprint density at radius 2 is 2.00 bits per heavy atom. The summed E-state index contributed by atoms with van der Waals surface area (Å²) in [6.07, 6.45) is -0.339. The maximum Gasteiger partial charge on any atom is 0.129 e. The number of aliphatic hydroxyl groups is 1. The van der Waals surface area contributed by atoms with Crippen LogP contribution >= 0.6 is 0 Å². The van der Waals surface area contributed by atoms with Crippen LogP contribution in [0.2, 0.25) is 0 Å². The number of hydrogen-bond donors (Lipinski definition) is 1. The molecule has 0 radical (unpaired) electrons. The molecule has 1 unspecified atom stereocenters. The van der Waals surface area contributed by atoms with E-state index in [4.69, 9.17) is 0 Å². The SMILES string of the molecule is CCC(O)c1cc(F)cc(F)c1C. The maximum atomic E-state index is 13.0. The Labute approximate surface area is 76.0 Å². The van der Waals surface area contributed by atoms with Gasteiger partial charge in [0.1, 0.15) is 11.6 Å². The zero-order chi connectivity index (χ0) is 10.0. The Kier molecular flexibility index (Phi) is 2.98. The fraction of sp³-hybridized carbons (Fsp3) is 0.400. The Bertz CT molecular complexity index is 310. The minimum Gasteiger partial charge on any atom is -0.388 e. The molecule has 0 spiro atoms. The average molecular weight is 186 g/mol. The van der Waals surface area contributed by atoms with Crippen LogP contribution in [-0.4, -0.2) is 5.11 Å². The molecule has 13 heavy (non-hydrogen) atoms. The van der Waals surface area contributed by atoms with Gasteiger partial charge >= 0.3 is 0 Å². The van der Waals surface area contributed by atoms with Crippen molar-refractivity contribution in [2.24, 2.45) is 0 Å². The van der Waals surface area contributed by atoms with Gasteiger partial charge in [0.05, 0.1) is 6.10 Å². The fourth-order valence-corrected chi connectivity index (χ4v) is 1.23. The van der Waals surface area contributed by atoms with Crippen molar-refractivity contribution in [2.75, 3.05) is 0 Å². The van der Waals surface area contributed by atoms with Crippen LogP contribution in [0, 0.1) is 18.6 Å². The van der Waals surface area contributed by atoms with E-state index in [0.717, 1.165) is 6.07 Å². The van der Waals surface area contributed by atoms with Crippen molar-refractivity contribution in [2.45, 2.75) is 26.4 Å². The van der Waals surface area contributed by atoms with Gasteiger partial charge in [0, 0.05) is 6.07 Å². The van der Waals surface area contributed by atoms with Crippen molar-refractivity contribution in [3.8, 4) is 0 Å². The maximum absolute atomic E-state index is 13.0. The minimum atomic E-state index is -0.787. The molecular weight excluding hydrogens is 174 g/mol. The van der Waals surface area contributed by atoms with Gasteiger partial charge < -0.3 is 5.11 Å². The van der Waals surface area contributed by atoms with E-state index in [1.54, 1.807) is 6.92 Å². The van der Waals surface area contributed by atoms with Gasteiger partial charge in [-0.25, -0.2) is 8.78 Å². The highest BCUT2D eigenvalue weighted by Crippen LogP contribution is 2.23. The Morgan fingerprint density at radius 1 is 1.38 bits per heavy atom. The first-order valence-electron chi connectivity index (χ1n) is 4.19. The molecule has 0 saturated carbocycles. The van der Waals surface area contributed by atoms with Crippen LogP contribution < -0.4 is 0 Å². The summed E-state index contributed by atoms with van der Waals surface area (Å²) in [4.78, 5) is 0. The van der Waals surface area contributed by atoms with Gasteiger partial charge in [-0.05, 0) is 30.5 Å². The highest BCUT2D eigenvalue weighted by Gasteiger charge is 2.12. The third-order valence-corrected chi connectivity index (χ3v) is 2.09. The molecule has 1 atom stereocenters. The lowest BCUT2D eigenvalue weighted by Crippen LogP contribution is -2.01. The molecule has 0 saturated heterocycles. The van der Waals surface area contributed by atoms with Crippen LogP contribution in [0.5, 0.6) is 0 Å². The van der Waals surface area contributed by atoms with Crippen molar-refractivity contribution in [1.82, 2.24) is 0 Å². The summed E-state index contributed by atoms with van der Waals surface area (Å²) >= 11 is 0. The quantitative estimate of drug-likeness (QED) is 0.752. The zero-order valence-electron chi connectivity index (χ0n) is 7.64. The van der Waals surface area contributed by atoms with Crippen molar-refractivity contribution in [3.05, 3.63) is 34.9 Å². The van der Waals surface area contributed by atoms with Crippen LogP contribution in [0.15, 0.2) is 12.1 Å². The van der Waals surface area contributed by atoms with Crippen molar-refractivity contribution < 1.29 is 13.9 Å². The smallest absolute Gasteiger partial charge is 0.129 e.